The molecule has 0 unspecified atom stereocenters. The van der Waals surface area contributed by atoms with E-state index in [2.05, 4.69) is 40.4 Å². The van der Waals surface area contributed by atoms with Crippen molar-refractivity contribution in [2.45, 2.75) is 64.3 Å². The zero-order valence-electron chi connectivity index (χ0n) is 11.5. The van der Waals surface area contributed by atoms with Crippen LogP contribution < -0.4 is 0 Å². The van der Waals surface area contributed by atoms with E-state index in [0.29, 0.717) is 0 Å². The second-order valence-corrected chi connectivity index (χ2v) is 10.7. The van der Waals surface area contributed by atoms with Gasteiger partial charge in [-0.25, -0.2) is 0 Å². The van der Waals surface area contributed by atoms with Crippen LogP contribution in [0.4, 0.5) is 0 Å². The van der Waals surface area contributed by atoms with Crippen LogP contribution in [0.1, 0.15) is 40.0 Å². The fraction of sp³-hybridized carbons (Fsp3) is 0.846. The Morgan fingerprint density at radius 3 is 2.31 bits per heavy atom. The van der Waals surface area contributed by atoms with E-state index in [4.69, 9.17) is 4.43 Å². The van der Waals surface area contributed by atoms with Gasteiger partial charge in [0, 0.05) is 6.61 Å². The first-order valence-electron chi connectivity index (χ1n) is 6.15. The molecule has 96 valence electrons. The van der Waals surface area contributed by atoms with E-state index in [-0.39, 0.29) is 11.1 Å². The first-order valence-corrected chi connectivity index (χ1v) is 9.06. The van der Waals surface area contributed by atoms with Crippen LogP contribution in [0.2, 0.25) is 18.1 Å². The Balaban J connectivity index is 3.70. The topological polar surface area (TPSA) is 29.5 Å². The first kappa shape index (κ1) is 15.9. The van der Waals surface area contributed by atoms with Gasteiger partial charge in [0.25, 0.3) is 0 Å². The molecule has 0 aliphatic carbocycles. The summed E-state index contributed by atoms with van der Waals surface area (Å²) in [5.41, 5.74) is 0. The minimum Gasteiger partial charge on any atom is -0.417 e. The fourth-order valence-corrected chi connectivity index (χ4v) is 2.20. The monoisotopic (exact) mass is 244 g/mol. The number of rotatable bonds is 7. The van der Waals surface area contributed by atoms with Crippen LogP contribution in [0.15, 0.2) is 12.7 Å². The van der Waals surface area contributed by atoms with Gasteiger partial charge in [0.2, 0.25) is 0 Å². The highest BCUT2D eigenvalue weighted by molar-refractivity contribution is 6.74. The Morgan fingerprint density at radius 2 is 1.88 bits per heavy atom. The van der Waals surface area contributed by atoms with E-state index in [1.165, 1.54) is 0 Å². The van der Waals surface area contributed by atoms with Crippen LogP contribution in [0.25, 0.3) is 0 Å². The molecule has 0 bridgehead atoms. The molecular weight excluding hydrogens is 216 g/mol. The van der Waals surface area contributed by atoms with Crippen LogP contribution in [-0.2, 0) is 4.43 Å². The molecule has 0 rings (SSSR count). The standard InChI is InChI=1S/C13H28O2Si/c1-7-12(14)10-8-9-11-15-16(5,6)13(2,3)4/h7,12,14H,1,8-11H2,2-6H3/t12-/m0/s1. The highest BCUT2D eigenvalue weighted by Gasteiger charge is 2.36. The van der Waals surface area contributed by atoms with Crippen LogP contribution in [0.5, 0.6) is 0 Å². The van der Waals surface area contributed by atoms with Crippen molar-refractivity contribution >= 4 is 8.32 Å². The lowest BCUT2D eigenvalue weighted by atomic mass is 10.1. The molecule has 16 heavy (non-hydrogen) atoms. The van der Waals surface area contributed by atoms with E-state index < -0.39 is 8.32 Å². The molecule has 0 aromatic heterocycles. The number of aliphatic hydroxyl groups is 1. The zero-order valence-corrected chi connectivity index (χ0v) is 12.5. The van der Waals surface area contributed by atoms with Crippen molar-refractivity contribution in [2.24, 2.45) is 0 Å². The third-order valence-electron chi connectivity index (χ3n) is 3.44. The maximum absolute atomic E-state index is 9.30. The third-order valence-corrected chi connectivity index (χ3v) is 7.97. The summed E-state index contributed by atoms with van der Waals surface area (Å²) >= 11 is 0. The van der Waals surface area contributed by atoms with Crippen LogP contribution in [0.3, 0.4) is 0 Å². The van der Waals surface area contributed by atoms with Crippen molar-refractivity contribution in [2.75, 3.05) is 6.61 Å². The molecule has 1 atom stereocenters. The van der Waals surface area contributed by atoms with Gasteiger partial charge in [0.05, 0.1) is 6.10 Å². The van der Waals surface area contributed by atoms with Gasteiger partial charge >= 0.3 is 0 Å². The summed E-state index contributed by atoms with van der Waals surface area (Å²) in [4.78, 5) is 0. The Labute approximate surface area is 102 Å². The van der Waals surface area contributed by atoms with Crippen molar-refractivity contribution in [3.63, 3.8) is 0 Å². The normalized spacial score (nSPS) is 14.9. The van der Waals surface area contributed by atoms with E-state index >= 15 is 0 Å². The van der Waals surface area contributed by atoms with E-state index in [0.717, 1.165) is 25.9 Å². The highest BCUT2D eigenvalue weighted by atomic mass is 28.4. The van der Waals surface area contributed by atoms with Crippen molar-refractivity contribution in [1.82, 2.24) is 0 Å². The Morgan fingerprint density at radius 1 is 1.31 bits per heavy atom. The summed E-state index contributed by atoms with van der Waals surface area (Å²) in [7, 11) is -1.57. The lowest BCUT2D eigenvalue weighted by molar-refractivity contribution is 0.201. The third kappa shape index (κ3) is 5.82. The number of hydrogen-bond donors (Lipinski definition) is 1. The minimum absolute atomic E-state index is 0.285. The van der Waals surface area contributed by atoms with Crippen molar-refractivity contribution < 1.29 is 9.53 Å². The van der Waals surface area contributed by atoms with Crippen molar-refractivity contribution in [1.29, 1.82) is 0 Å². The minimum atomic E-state index is -1.57. The van der Waals surface area contributed by atoms with Gasteiger partial charge in [0.1, 0.15) is 0 Å². The van der Waals surface area contributed by atoms with Crippen LogP contribution >= 0.6 is 0 Å². The molecule has 0 aliphatic rings. The average Bonchev–Trinajstić information content (AvgIpc) is 2.15. The summed E-state index contributed by atoms with van der Waals surface area (Å²) in [5, 5.41) is 9.58. The predicted molar refractivity (Wildman–Crippen MR) is 73.2 cm³/mol. The summed E-state index contributed by atoms with van der Waals surface area (Å²) in [6.45, 7) is 15.7. The number of aliphatic hydroxyl groups excluding tert-OH is 1. The van der Waals surface area contributed by atoms with Gasteiger partial charge < -0.3 is 9.53 Å². The SMILES string of the molecule is C=C[C@H](O)CCCCO[Si](C)(C)C(C)(C)C. The molecule has 0 saturated heterocycles. The molecule has 2 nitrogen and oxygen atoms in total. The summed E-state index contributed by atoms with van der Waals surface area (Å²) in [5.74, 6) is 0. The van der Waals surface area contributed by atoms with Gasteiger partial charge in [-0.2, -0.15) is 0 Å². The molecule has 0 fully saturated rings. The summed E-state index contributed by atoms with van der Waals surface area (Å²) < 4.78 is 6.04. The molecule has 0 heterocycles. The molecule has 0 aromatic carbocycles. The second-order valence-electron chi connectivity index (χ2n) is 5.91. The first-order chi connectivity index (χ1) is 7.20. The maximum atomic E-state index is 9.30. The smallest absolute Gasteiger partial charge is 0.191 e. The molecule has 0 aromatic rings. The Kier molecular flexibility index (Phi) is 6.52. The fourth-order valence-electron chi connectivity index (χ4n) is 1.12. The molecule has 0 spiro atoms. The zero-order chi connectivity index (χ0) is 12.8. The summed E-state index contributed by atoms with van der Waals surface area (Å²) in [6, 6.07) is 0. The quantitative estimate of drug-likeness (QED) is 0.420. The molecule has 3 heteroatoms. The van der Waals surface area contributed by atoms with Gasteiger partial charge in [0.15, 0.2) is 8.32 Å². The average molecular weight is 244 g/mol. The lowest BCUT2D eigenvalue weighted by Crippen LogP contribution is -2.40. The molecule has 0 aliphatic heterocycles. The lowest BCUT2D eigenvalue weighted by Gasteiger charge is -2.36. The molecule has 0 amide bonds. The molecular formula is C13H28O2Si. The molecule has 0 radical (unpaired) electrons. The van der Waals surface area contributed by atoms with Gasteiger partial charge in [-0.15, -0.1) is 6.58 Å². The number of unbranched alkanes of at least 4 members (excludes halogenated alkanes) is 1. The second kappa shape index (κ2) is 6.57. The van der Waals surface area contributed by atoms with Gasteiger partial charge in [-0.05, 0) is 37.4 Å². The summed E-state index contributed by atoms with van der Waals surface area (Å²) in [6.07, 6.45) is 4.06. The van der Waals surface area contributed by atoms with Crippen LogP contribution in [0, 0.1) is 0 Å². The van der Waals surface area contributed by atoms with Crippen molar-refractivity contribution in [3.05, 3.63) is 12.7 Å². The van der Waals surface area contributed by atoms with Gasteiger partial charge in [-0.1, -0.05) is 26.8 Å². The molecule has 0 saturated carbocycles. The largest absolute Gasteiger partial charge is 0.417 e. The van der Waals surface area contributed by atoms with Crippen molar-refractivity contribution in [3.8, 4) is 0 Å². The van der Waals surface area contributed by atoms with E-state index in [1.807, 2.05) is 0 Å². The van der Waals surface area contributed by atoms with E-state index in [1.54, 1.807) is 6.08 Å². The highest BCUT2D eigenvalue weighted by Crippen LogP contribution is 2.36. The van der Waals surface area contributed by atoms with Crippen LogP contribution in [-0.4, -0.2) is 26.1 Å². The Bertz CT molecular complexity index is 206. The maximum Gasteiger partial charge on any atom is 0.191 e. The Hall–Kier alpha value is -0.123. The number of hydrogen-bond acceptors (Lipinski definition) is 2. The predicted octanol–water partition coefficient (Wildman–Crippen LogP) is 3.73. The van der Waals surface area contributed by atoms with Gasteiger partial charge in [-0.3, -0.25) is 0 Å². The van der Waals surface area contributed by atoms with E-state index in [9.17, 15) is 5.11 Å². The molecule has 1 N–H and O–H groups in total.